The third-order valence-corrected chi connectivity index (χ3v) is 4.19. The molecule has 0 bridgehead atoms. The minimum atomic E-state index is 0.659. The highest BCUT2D eigenvalue weighted by atomic mass is 14.9. The Balaban J connectivity index is 2.17. The molecule has 1 saturated carbocycles. The van der Waals surface area contributed by atoms with E-state index in [1.54, 1.807) is 0 Å². The molecular weight excluding hydrogens is 182 g/mol. The molecule has 0 amide bonds. The van der Waals surface area contributed by atoms with Crippen LogP contribution in [0.2, 0.25) is 0 Å². The molecular formula is C14H29N. The lowest BCUT2D eigenvalue weighted by Crippen LogP contribution is -2.34. The lowest BCUT2D eigenvalue weighted by molar-refractivity contribution is 0.262. The van der Waals surface area contributed by atoms with Gasteiger partial charge in [0.2, 0.25) is 0 Å². The third kappa shape index (κ3) is 4.14. The Morgan fingerprint density at radius 1 is 1.20 bits per heavy atom. The fraction of sp³-hybridized carbons (Fsp3) is 1.00. The maximum atomic E-state index is 3.70. The zero-order chi connectivity index (χ0) is 11.1. The van der Waals surface area contributed by atoms with E-state index in [1.165, 1.54) is 58.0 Å². The highest BCUT2D eigenvalue weighted by molar-refractivity contribution is 4.85. The molecule has 1 atom stereocenters. The molecule has 1 heteroatoms. The summed E-state index contributed by atoms with van der Waals surface area (Å²) >= 11 is 0. The molecule has 1 aliphatic rings. The van der Waals surface area contributed by atoms with E-state index in [1.807, 2.05) is 0 Å². The highest BCUT2D eigenvalue weighted by Crippen LogP contribution is 2.40. The topological polar surface area (TPSA) is 12.0 Å². The van der Waals surface area contributed by atoms with Gasteiger partial charge in [-0.2, -0.15) is 0 Å². The Labute approximate surface area is 96.0 Å². The quantitative estimate of drug-likeness (QED) is 0.671. The minimum absolute atomic E-state index is 0.659. The molecule has 0 spiro atoms. The van der Waals surface area contributed by atoms with Crippen LogP contribution in [0.25, 0.3) is 0 Å². The van der Waals surface area contributed by atoms with E-state index in [9.17, 15) is 0 Å². The first kappa shape index (κ1) is 13.0. The second-order valence-electron chi connectivity index (χ2n) is 5.59. The fourth-order valence-electron chi connectivity index (χ4n) is 2.96. The lowest BCUT2D eigenvalue weighted by Gasteiger charge is -2.28. The van der Waals surface area contributed by atoms with Crippen LogP contribution in [0.1, 0.15) is 65.7 Å². The number of nitrogens with one attached hydrogen (secondary N) is 1. The maximum absolute atomic E-state index is 3.70. The normalized spacial score (nSPS) is 21.8. The Kier molecular flexibility index (Phi) is 5.66. The van der Waals surface area contributed by atoms with Crippen molar-refractivity contribution in [2.24, 2.45) is 11.3 Å². The van der Waals surface area contributed by atoms with Gasteiger partial charge in [0.15, 0.2) is 0 Å². The second-order valence-corrected chi connectivity index (χ2v) is 5.59. The van der Waals surface area contributed by atoms with Crippen LogP contribution < -0.4 is 5.32 Å². The molecule has 0 aromatic rings. The summed E-state index contributed by atoms with van der Waals surface area (Å²) in [5.41, 5.74) is 0.659. The van der Waals surface area contributed by atoms with Crippen LogP contribution in [0, 0.1) is 11.3 Å². The summed E-state index contributed by atoms with van der Waals surface area (Å²) in [5, 5.41) is 3.70. The van der Waals surface area contributed by atoms with Crippen LogP contribution in [0.3, 0.4) is 0 Å². The van der Waals surface area contributed by atoms with Crippen molar-refractivity contribution in [3.8, 4) is 0 Å². The first-order valence-corrected chi connectivity index (χ1v) is 6.93. The first-order valence-electron chi connectivity index (χ1n) is 6.93. The zero-order valence-electron chi connectivity index (χ0n) is 10.9. The monoisotopic (exact) mass is 211 g/mol. The molecule has 1 unspecified atom stereocenters. The summed E-state index contributed by atoms with van der Waals surface area (Å²) < 4.78 is 0. The van der Waals surface area contributed by atoms with Gasteiger partial charge in [0.25, 0.3) is 0 Å². The number of hydrogen-bond donors (Lipinski definition) is 1. The van der Waals surface area contributed by atoms with Crippen LogP contribution in [0.4, 0.5) is 0 Å². The summed E-state index contributed by atoms with van der Waals surface area (Å²) in [6, 6.07) is 0. The first-order chi connectivity index (χ1) is 7.22. The van der Waals surface area contributed by atoms with Gasteiger partial charge < -0.3 is 5.32 Å². The van der Waals surface area contributed by atoms with Crippen molar-refractivity contribution in [2.75, 3.05) is 13.1 Å². The molecule has 0 aromatic carbocycles. The van der Waals surface area contributed by atoms with E-state index in [-0.39, 0.29) is 0 Å². The van der Waals surface area contributed by atoms with Crippen molar-refractivity contribution in [3.05, 3.63) is 0 Å². The Bertz CT molecular complexity index is 159. The Hall–Kier alpha value is -0.0400. The molecule has 0 heterocycles. The van der Waals surface area contributed by atoms with Crippen molar-refractivity contribution >= 4 is 0 Å². The van der Waals surface area contributed by atoms with Crippen LogP contribution in [-0.4, -0.2) is 13.1 Å². The summed E-state index contributed by atoms with van der Waals surface area (Å²) in [4.78, 5) is 0. The van der Waals surface area contributed by atoms with Crippen LogP contribution in [0.15, 0.2) is 0 Å². The van der Waals surface area contributed by atoms with E-state index in [0.29, 0.717) is 5.41 Å². The van der Waals surface area contributed by atoms with Crippen molar-refractivity contribution in [1.29, 1.82) is 0 Å². The molecule has 1 aliphatic carbocycles. The molecule has 0 aliphatic heterocycles. The van der Waals surface area contributed by atoms with Gasteiger partial charge in [-0.1, -0.05) is 40.0 Å². The van der Waals surface area contributed by atoms with Gasteiger partial charge in [0.1, 0.15) is 0 Å². The Morgan fingerprint density at radius 2 is 1.87 bits per heavy atom. The van der Waals surface area contributed by atoms with Crippen molar-refractivity contribution in [2.45, 2.75) is 65.7 Å². The largest absolute Gasteiger partial charge is 0.316 e. The van der Waals surface area contributed by atoms with E-state index in [4.69, 9.17) is 0 Å². The van der Waals surface area contributed by atoms with Gasteiger partial charge in [0, 0.05) is 6.54 Å². The molecule has 1 N–H and O–H groups in total. The minimum Gasteiger partial charge on any atom is -0.316 e. The molecule has 15 heavy (non-hydrogen) atoms. The van der Waals surface area contributed by atoms with E-state index in [0.717, 1.165) is 5.92 Å². The van der Waals surface area contributed by atoms with Gasteiger partial charge in [-0.05, 0) is 43.6 Å². The molecule has 90 valence electrons. The van der Waals surface area contributed by atoms with Gasteiger partial charge in [-0.3, -0.25) is 0 Å². The fourth-order valence-corrected chi connectivity index (χ4v) is 2.96. The third-order valence-electron chi connectivity index (χ3n) is 4.19. The predicted octanol–water partition coefficient (Wildman–Crippen LogP) is 3.98. The van der Waals surface area contributed by atoms with Crippen molar-refractivity contribution < 1.29 is 0 Å². The maximum Gasteiger partial charge on any atom is 0.000782 e. The summed E-state index contributed by atoms with van der Waals surface area (Å²) in [6.45, 7) is 9.49. The van der Waals surface area contributed by atoms with Gasteiger partial charge in [-0.25, -0.2) is 0 Å². The van der Waals surface area contributed by atoms with Crippen molar-refractivity contribution in [3.63, 3.8) is 0 Å². The highest BCUT2D eigenvalue weighted by Gasteiger charge is 2.31. The average Bonchev–Trinajstić information content (AvgIpc) is 2.68. The second kappa shape index (κ2) is 6.52. The van der Waals surface area contributed by atoms with Gasteiger partial charge >= 0.3 is 0 Å². The standard InChI is InChI=1S/C14H29N/c1-4-8-13(3)11-15-12-14(5-2)9-6-7-10-14/h13,15H,4-12H2,1-3H3. The van der Waals surface area contributed by atoms with Crippen LogP contribution in [0.5, 0.6) is 0 Å². The van der Waals surface area contributed by atoms with E-state index < -0.39 is 0 Å². The molecule has 0 aromatic heterocycles. The Morgan fingerprint density at radius 3 is 2.40 bits per heavy atom. The summed E-state index contributed by atoms with van der Waals surface area (Å²) in [7, 11) is 0. The molecule has 0 radical (unpaired) electrons. The zero-order valence-corrected chi connectivity index (χ0v) is 10.9. The molecule has 1 nitrogen and oxygen atoms in total. The summed E-state index contributed by atoms with van der Waals surface area (Å²) in [6.07, 6.45) is 9.88. The molecule has 0 saturated heterocycles. The average molecular weight is 211 g/mol. The number of hydrogen-bond acceptors (Lipinski definition) is 1. The summed E-state index contributed by atoms with van der Waals surface area (Å²) in [5.74, 6) is 0.852. The van der Waals surface area contributed by atoms with Crippen molar-refractivity contribution in [1.82, 2.24) is 5.32 Å². The smallest absolute Gasteiger partial charge is 0.000782 e. The molecule has 1 fully saturated rings. The van der Waals surface area contributed by atoms with Crippen LogP contribution in [-0.2, 0) is 0 Å². The SMILES string of the molecule is CCCC(C)CNCC1(CC)CCCC1. The van der Waals surface area contributed by atoms with Gasteiger partial charge in [0.05, 0.1) is 0 Å². The number of rotatable bonds is 7. The predicted molar refractivity (Wildman–Crippen MR) is 68.1 cm³/mol. The van der Waals surface area contributed by atoms with Crippen LogP contribution >= 0.6 is 0 Å². The molecule has 1 rings (SSSR count). The van der Waals surface area contributed by atoms with E-state index >= 15 is 0 Å². The van der Waals surface area contributed by atoms with E-state index in [2.05, 4.69) is 26.1 Å². The lowest BCUT2D eigenvalue weighted by atomic mass is 9.83. The van der Waals surface area contributed by atoms with Gasteiger partial charge in [-0.15, -0.1) is 0 Å².